The van der Waals surface area contributed by atoms with Crippen molar-refractivity contribution < 1.29 is 14.6 Å². The molecule has 2 rings (SSSR count). The van der Waals surface area contributed by atoms with E-state index in [1.54, 1.807) is 20.3 Å². The molecule has 1 aromatic heterocycles. The molecule has 0 spiro atoms. The zero-order valence-corrected chi connectivity index (χ0v) is 11.0. The molecule has 100 valence electrons. The van der Waals surface area contributed by atoms with Crippen LogP contribution in [0.5, 0.6) is 11.8 Å². The zero-order valence-electron chi connectivity index (χ0n) is 11.0. The van der Waals surface area contributed by atoms with E-state index in [0.29, 0.717) is 17.7 Å². The van der Waals surface area contributed by atoms with Crippen molar-refractivity contribution in [3.8, 4) is 11.8 Å². The summed E-state index contributed by atoms with van der Waals surface area (Å²) in [5.41, 5.74) is 0. The number of aliphatic hydroxyl groups is 1. The Kier molecular flexibility index (Phi) is 3.86. The Morgan fingerprint density at radius 1 is 1.28 bits per heavy atom. The van der Waals surface area contributed by atoms with Gasteiger partial charge in [-0.2, -0.15) is 9.97 Å². The average Bonchev–Trinajstić information content (AvgIpc) is 2.41. The van der Waals surface area contributed by atoms with Crippen LogP contribution in [-0.4, -0.2) is 48.5 Å². The number of hydrogen-bond donors (Lipinski definition) is 1. The van der Waals surface area contributed by atoms with Gasteiger partial charge in [0.1, 0.15) is 0 Å². The van der Waals surface area contributed by atoms with Crippen LogP contribution in [0.3, 0.4) is 0 Å². The van der Waals surface area contributed by atoms with Gasteiger partial charge in [0, 0.05) is 13.1 Å². The quantitative estimate of drug-likeness (QED) is 0.855. The second kappa shape index (κ2) is 5.39. The van der Waals surface area contributed by atoms with Crippen molar-refractivity contribution in [2.75, 3.05) is 32.2 Å². The molecule has 2 unspecified atom stereocenters. The molecule has 1 fully saturated rings. The summed E-state index contributed by atoms with van der Waals surface area (Å²) < 4.78 is 10.3. The van der Waals surface area contributed by atoms with Crippen LogP contribution in [0.15, 0.2) is 6.07 Å². The van der Waals surface area contributed by atoms with Gasteiger partial charge in [0.05, 0.1) is 26.4 Å². The first kappa shape index (κ1) is 12.9. The van der Waals surface area contributed by atoms with Crippen molar-refractivity contribution in [3.63, 3.8) is 0 Å². The highest BCUT2D eigenvalue weighted by Crippen LogP contribution is 2.24. The van der Waals surface area contributed by atoms with E-state index < -0.39 is 0 Å². The molecule has 0 saturated carbocycles. The summed E-state index contributed by atoms with van der Waals surface area (Å²) in [7, 11) is 3.13. The summed E-state index contributed by atoms with van der Waals surface area (Å²) in [4.78, 5) is 10.7. The maximum atomic E-state index is 9.73. The third kappa shape index (κ3) is 2.64. The Hall–Kier alpha value is -1.56. The molecule has 6 nitrogen and oxygen atoms in total. The van der Waals surface area contributed by atoms with Gasteiger partial charge in [-0.15, -0.1) is 0 Å². The minimum atomic E-state index is -0.242. The lowest BCUT2D eigenvalue weighted by molar-refractivity contribution is 0.0966. The molecule has 2 atom stereocenters. The maximum absolute atomic E-state index is 9.73. The van der Waals surface area contributed by atoms with Crippen molar-refractivity contribution in [1.82, 2.24) is 9.97 Å². The molecular formula is C12H19N3O3. The predicted octanol–water partition coefficient (Wildman–Crippen LogP) is 0.701. The summed E-state index contributed by atoms with van der Waals surface area (Å²) in [6.45, 7) is 3.49. The van der Waals surface area contributed by atoms with Crippen LogP contribution in [0.1, 0.15) is 13.3 Å². The minimum Gasteiger partial charge on any atom is -0.481 e. The van der Waals surface area contributed by atoms with Crippen molar-refractivity contribution in [2.24, 2.45) is 5.92 Å². The summed E-state index contributed by atoms with van der Waals surface area (Å²) in [5, 5.41) is 9.73. The highest BCUT2D eigenvalue weighted by molar-refractivity contribution is 5.37. The van der Waals surface area contributed by atoms with E-state index in [9.17, 15) is 5.11 Å². The number of anilines is 1. The number of rotatable bonds is 3. The Bertz CT molecular complexity index is 391. The molecule has 0 aliphatic carbocycles. The monoisotopic (exact) mass is 253 g/mol. The van der Waals surface area contributed by atoms with Crippen LogP contribution in [0, 0.1) is 5.92 Å². The number of methoxy groups -OCH3 is 2. The molecule has 1 N–H and O–H groups in total. The first-order chi connectivity index (χ1) is 8.63. The van der Waals surface area contributed by atoms with Gasteiger partial charge in [0.2, 0.25) is 17.7 Å². The Labute approximate surface area is 107 Å². The van der Waals surface area contributed by atoms with E-state index >= 15 is 0 Å². The number of hydrogen-bond acceptors (Lipinski definition) is 6. The highest BCUT2D eigenvalue weighted by Gasteiger charge is 2.26. The minimum absolute atomic E-state index is 0.208. The van der Waals surface area contributed by atoms with Gasteiger partial charge in [0.25, 0.3) is 0 Å². The zero-order chi connectivity index (χ0) is 13.1. The van der Waals surface area contributed by atoms with E-state index in [1.807, 2.05) is 11.8 Å². The lowest BCUT2D eigenvalue weighted by Crippen LogP contribution is -2.42. The number of piperidine rings is 1. The SMILES string of the molecule is COc1cc(OC)nc(N2CCC(O)C(C)C2)n1. The largest absolute Gasteiger partial charge is 0.481 e. The molecule has 0 bridgehead atoms. The molecule has 0 amide bonds. The third-order valence-corrected chi connectivity index (χ3v) is 3.23. The van der Waals surface area contributed by atoms with Gasteiger partial charge in [-0.05, 0) is 12.3 Å². The lowest BCUT2D eigenvalue weighted by Gasteiger charge is -2.34. The third-order valence-electron chi connectivity index (χ3n) is 3.23. The van der Waals surface area contributed by atoms with Gasteiger partial charge in [0.15, 0.2) is 0 Å². The van der Waals surface area contributed by atoms with Crippen molar-refractivity contribution in [3.05, 3.63) is 6.07 Å². The Balaban J connectivity index is 2.22. The van der Waals surface area contributed by atoms with Gasteiger partial charge < -0.3 is 19.5 Å². The van der Waals surface area contributed by atoms with Crippen molar-refractivity contribution in [2.45, 2.75) is 19.4 Å². The molecule has 1 aliphatic heterocycles. The second-order valence-corrected chi connectivity index (χ2v) is 4.53. The average molecular weight is 253 g/mol. The molecule has 2 heterocycles. The van der Waals surface area contributed by atoms with Crippen LogP contribution in [0.25, 0.3) is 0 Å². The standard InChI is InChI=1S/C12H19N3O3/c1-8-7-15(5-4-9(8)16)12-13-10(17-2)6-11(14-12)18-3/h6,8-9,16H,4-5,7H2,1-3H3. The first-order valence-electron chi connectivity index (χ1n) is 6.04. The van der Waals surface area contributed by atoms with Crippen LogP contribution < -0.4 is 14.4 Å². The number of ether oxygens (including phenoxy) is 2. The maximum Gasteiger partial charge on any atom is 0.231 e. The Morgan fingerprint density at radius 2 is 1.89 bits per heavy atom. The summed E-state index contributed by atoms with van der Waals surface area (Å²) >= 11 is 0. The predicted molar refractivity (Wildman–Crippen MR) is 67.1 cm³/mol. The summed E-state index contributed by atoms with van der Waals surface area (Å²) in [6, 6.07) is 1.64. The smallest absolute Gasteiger partial charge is 0.231 e. The fourth-order valence-electron chi connectivity index (χ4n) is 2.06. The van der Waals surface area contributed by atoms with Crippen LogP contribution in [0.2, 0.25) is 0 Å². The fraction of sp³-hybridized carbons (Fsp3) is 0.667. The fourth-order valence-corrected chi connectivity index (χ4v) is 2.06. The summed E-state index contributed by atoms with van der Waals surface area (Å²) in [5.74, 6) is 1.76. The van der Waals surface area contributed by atoms with Gasteiger partial charge in [-0.3, -0.25) is 0 Å². The number of aromatic nitrogens is 2. The highest BCUT2D eigenvalue weighted by atomic mass is 16.5. The topological polar surface area (TPSA) is 67.7 Å². The second-order valence-electron chi connectivity index (χ2n) is 4.53. The van der Waals surface area contributed by atoms with E-state index in [2.05, 4.69) is 9.97 Å². The number of nitrogens with zero attached hydrogens (tertiary/aromatic N) is 3. The number of aliphatic hydroxyl groups excluding tert-OH is 1. The van der Waals surface area contributed by atoms with Gasteiger partial charge >= 0.3 is 0 Å². The van der Waals surface area contributed by atoms with E-state index in [-0.39, 0.29) is 12.0 Å². The van der Waals surface area contributed by atoms with Gasteiger partial charge in [-0.1, -0.05) is 6.92 Å². The van der Waals surface area contributed by atoms with E-state index in [4.69, 9.17) is 9.47 Å². The van der Waals surface area contributed by atoms with Gasteiger partial charge in [-0.25, -0.2) is 0 Å². The first-order valence-corrected chi connectivity index (χ1v) is 6.04. The molecule has 1 aliphatic rings. The van der Waals surface area contributed by atoms with E-state index in [0.717, 1.165) is 19.5 Å². The molecule has 1 aromatic rings. The molecule has 0 radical (unpaired) electrons. The van der Waals surface area contributed by atoms with Crippen LogP contribution in [-0.2, 0) is 0 Å². The lowest BCUT2D eigenvalue weighted by atomic mass is 9.97. The van der Waals surface area contributed by atoms with Crippen molar-refractivity contribution in [1.29, 1.82) is 0 Å². The molecule has 18 heavy (non-hydrogen) atoms. The van der Waals surface area contributed by atoms with Crippen LogP contribution in [0.4, 0.5) is 5.95 Å². The van der Waals surface area contributed by atoms with Crippen LogP contribution >= 0.6 is 0 Å². The molecular weight excluding hydrogens is 234 g/mol. The molecule has 6 heteroatoms. The molecule has 1 saturated heterocycles. The van der Waals surface area contributed by atoms with Crippen molar-refractivity contribution >= 4 is 5.95 Å². The van der Waals surface area contributed by atoms with E-state index in [1.165, 1.54) is 0 Å². The normalized spacial score (nSPS) is 23.9. The summed E-state index contributed by atoms with van der Waals surface area (Å²) in [6.07, 6.45) is 0.484. The Morgan fingerprint density at radius 3 is 2.39 bits per heavy atom. The molecule has 0 aromatic carbocycles.